The van der Waals surface area contributed by atoms with Crippen LogP contribution in [0, 0.1) is 23.7 Å². The molecule has 0 aromatic heterocycles. The van der Waals surface area contributed by atoms with Crippen molar-refractivity contribution in [3.63, 3.8) is 0 Å². The van der Waals surface area contributed by atoms with Gasteiger partial charge in [-0.25, -0.2) is 0 Å². The molecule has 0 radical (unpaired) electrons. The van der Waals surface area contributed by atoms with E-state index in [1.54, 1.807) is 18.2 Å². The van der Waals surface area contributed by atoms with Crippen LogP contribution < -0.4 is 10.1 Å². The highest BCUT2D eigenvalue weighted by molar-refractivity contribution is 6.02. The largest absolute Gasteiger partial charge is 0.480 e. The first kappa shape index (κ1) is 16.6. The van der Waals surface area contributed by atoms with Crippen molar-refractivity contribution in [3.05, 3.63) is 35.4 Å². The summed E-state index contributed by atoms with van der Waals surface area (Å²) in [6.07, 6.45) is 12.2. The molecule has 23 heavy (non-hydrogen) atoms. The fraction of sp³-hybridized carbons (Fsp3) is 0.368. The van der Waals surface area contributed by atoms with Crippen molar-refractivity contribution in [2.75, 3.05) is 6.61 Å². The van der Waals surface area contributed by atoms with Crippen molar-refractivity contribution < 1.29 is 9.53 Å². The maximum absolute atomic E-state index is 12.3. The minimum atomic E-state index is -0.328. The second-order valence-electron chi connectivity index (χ2n) is 5.51. The number of rotatable bonds is 5. The third-order valence-electron chi connectivity index (χ3n) is 3.84. The topological polar surface area (TPSA) is 62.1 Å². The highest BCUT2D eigenvalue weighted by Crippen LogP contribution is 2.22. The molecule has 1 aromatic rings. The summed E-state index contributed by atoms with van der Waals surface area (Å²) in [4.78, 5) is 12.3. The Morgan fingerprint density at radius 3 is 2.78 bits per heavy atom. The Balaban J connectivity index is 2.13. The summed E-state index contributed by atoms with van der Waals surface area (Å²) in [7, 11) is 0. The summed E-state index contributed by atoms with van der Waals surface area (Å²) >= 11 is 0. The van der Waals surface area contributed by atoms with E-state index in [-0.39, 0.29) is 24.1 Å². The van der Waals surface area contributed by atoms with Gasteiger partial charge in [0.15, 0.2) is 0 Å². The van der Waals surface area contributed by atoms with Crippen molar-refractivity contribution in [2.24, 2.45) is 0 Å². The van der Waals surface area contributed by atoms with Gasteiger partial charge in [-0.05, 0) is 25.0 Å². The molecule has 118 valence electrons. The van der Waals surface area contributed by atoms with Gasteiger partial charge in [-0.1, -0.05) is 43.4 Å². The number of nitriles is 1. The van der Waals surface area contributed by atoms with Gasteiger partial charge in [0.05, 0.1) is 0 Å². The predicted molar refractivity (Wildman–Crippen MR) is 89.4 cm³/mol. The van der Waals surface area contributed by atoms with E-state index in [1.165, 1.54) is 6.42 Å². The SMILES string of the molecule is C#CCOc1ccccc1/C=C(\C#N)C(=O)NC1CCCCC1. The third kappa shape index (κ3) is 4.90. The fourth-order valence-corrected chi connectivity index (χ4v) is 2.66. The summed E-state index contributed by atoms with van der Waals surface area (Å²) in [5.41, 5.74) is 0.741. The van der Waals surface area contributed by atoms with Gasteiger partial charge in [-0.15, -0.1) is 6.42 Å². The number of carbonyl (C=O) groups is 1. The van der Waals surface area contributed by atoms with Crippen molar-refractivity contribution in [2.45, 2.75) is 38.1 Å². The number of para-hydroxylation sites is 1. The molecule has 1 fully saturated rings. The van der Waals surface area contributed by atoms with Gasteiger partial charge < -0.3 is 10.1 Å². The van der Waals surface area contributed by atoms with Gasteiger partial charge in [0.25, 0.3) is 5.91 Å². The zero-order chi connectivity index (χ0) is 16.5. The van der Waals surface area contributed by atoms with E-state index in [2.05, 4.69) is 11.2 Å². The number of carbonyl (C=O) groups excluding carboxylic acids is 1. The minimum Gasteiger partial charge on any atom is -0.480 e. The Labute approximate surface area is 137 Å². The summed E-state index contributed by atoms with van der Waals surface area (Å²) < 4.78 is 5.44. The second kappa shape index (κ2) is 8.66. The molecule has 1 aliphatic rings. The molecule has 4 nitrogen and oxygen atoms in total. The number of terminal acetylenes is 1. The molecule has 0 aliphatic heterocycles. The lowest BCUT2D eigenvalue weighted by molar-refractivity contribution is -0.117. The zero-order valence-electron chi connectivity index (χ0n) is 13.0. The molecule has 1 N–H and O–H groups in total. The molecule has 0 bridgehead atoms. The molecule has 0 unspecified atom stereocenters. The van der Waals surface area contributed by atoms with E-state index in [0.717, 1.165) is 25.7 Å². The summed E-state index contributed by atoms with van der Waals surface area (Å²) in [6, 6.07) is 9.33. The Morgan fingerprint density at radius 2 is 2.09 bits per heavy atom. The number of ether oxygens (including phenoxy) is 1. The number of nitrogens with zero attached hydrogens (tertiary/aromatic N) is 1. The molecule has 1 saturated carbocycles. The van der Waals surface area contributed by atoms with Crippen LogP contribution in [-0.4, -0.2) is 18.6 Å². The summed E-state index contributed by atoms with van der Waals surface area (Å²) in [6.45, 7) is 0.140. The number of benzene rings is 1. The Kier molecular flexibility index (Phi) is 6.27. The predicted octanol–water partition coefficient (Wildman–Crippen LogP) is 3.05. The average molecular weight is 308 g/mol. The first-order valence-corrected chi connectivity index (χ1v) is 7.82. The maximum atomic E-state index is 12.3. The van der Waals surface area contributed by atoms with E-state index < -0.39 is 0 Å². The fourth-order valence-electron chi connectivity index (χ4n) is 2.66. The lowest BCUT2D eigenvalue weighted by Gasteiger charge is -2.22. The average Bonchev–Trinajstić information content (AvgIpc) is 2.59. The molecule has 4 heteroatoms. The van der Waals surface area contributed by atoms with Gasteiger partial charge in [0, 0.05) is 11.6 Å². The van der Waals surface area contributed by atoms with Crippen molar-refractivity contribution in [1.82, 2.24) is 5.32 Å². The standard InChI is InChI=1S/C19H20N2O2/c1-2-12-23-18-11-7-6-8-15(18)13-16(14-20)19(22)21-17-9-4-3-5-10-17/h1,6-8,11,13,17H,3-5,9-10,12H2,(H,21,22)/b16-13+. The second-order valence-corrected chi connectivity index (χ2v) is 5.51. The van der Waals surface area contributed by atoms with Gasteiger partial charge in [-0.3, -0.25) is 4.79 Å². The van der Waals surface area contributed by atoms with Crippen LogP contribution in [0.4, 0.5) is 0 Å². The van der Waals surface area contributed by atoms with Crippen molar-refractivity contribution in [1.29, 1.82) is 5.26 Å². The molecule has 1 aliphatic carbocycles. The van der Waals surface area contributed by atoms with Crippen LogP contribution in [0.2, 0.25) is 0 Å². The Bertz CT molecular complexity index is 659. The van der Waals surface area contributed by atoms with Crippen LogP contribution >= 0.6 is 0 Å². The van der Waals surface area contributed by atoms with E-state index in [9.17, 15) is 10.1 Å². The van der Waals surface area contributed by atoms with Gasteiger partial charge in [0.2, 0.25) is 0 Å². The third-order valence-corrected chi connectivity index (χ3v) is 3.84. The molecule has 0 heterocycles. The van der Waals surface area contributed by atoms with Crippen LogP contribution in [0.1, 0.15) is 37.7 Å². The molecule has 2 rings (SSSR count). The number of nitrogens with one attached hydrogen (secondary N) is 1. The number of hydrogen-bond donors (Lipinski definition) is 1. The highest BCUT2D eigenvalue weighted by atomic mass is 16.5. The van der Waals surface area contributed by atoms with Crippen molar-refractivity contribution >= 4 is 12.0 Å². The molecular formula is C19H20N2O2. The molecular weight excluding hydrogens is 288 g/mol. The van der Waals surface area contributed by atoms with Gasteiger partial charge in [-0.2, -0.15) is 5.26 Å². The summed E-state index contributed by atoms with van der Waals surface area (Å²) in [5, 5.41) is 12.3. The van der Waals surface area contributed by atoms with Crippen LogP contribution in [0.5, 0.6) is 5.75 Å². The first-order valence-electron chi connectivity index (χ1n) is 7.82. The smallest absolute Gasteiger partial charge is 0.262 e. The number of hydrogen-bond acceptors (Lipinski definition) is 3. The van der Waals surface area contributed by atoms with Crippen LogP contribution in [0.25, 0.3) is 6.08 Å². The maximum Gasteiger partial charge on any atom is 0.262 e. The quantitative estimate of drug-likeness (QED) is 0.516. The highest BCUT2D eigenvalue weighted by Gasteiger charge is 2.18. The molecule has 1 amide bonds. The lowest BCUT2D eigenvalue weighted by Crippen LogP contribution is -2.36. The van der Waals surface area contributed by atoms with Crippen LogP contribution in [-0.2, 0) is 4.79 Å². The van der Waals surface area contributed by atoms with Crippen LogP contribution in [0.3, 0.4) is 0 Å². The van der Waals surface area contributed by atoms with Gasteiger partial charge >= 0.3 is 0 Å². The molecule has 0 saturated heterocycles. The van der Waals surface area contributed by atoms with E-state index in [4.69, 9.17) is 11.2 Å². The molecule has 1 aromatic carbocycles. The Morgan fingerprint density at radius 1 is 1.35 bits per heavy atom. The molecule has 0 atom stereocenters. The Hall–Kier alpha value is -2.72. The number of amides is 1. The lowest BCUT2D eigenvalue weighted by atomic mass is 9.95. The monoisotopic (exact) mass is 308 g/mol. The zero-order valence-corrected chi connectivity index (χ0v) is 13.0. The van der Waals surface area contributed by atoms with E-state index in [0.29, 0.717) is 11.3 Å². The van der Waals surface area contributed by atoms with Crippen molar-refractivity contribution in [3.8, 4) is 24.2 Å². The summed E-state index contributed by atoms with van der Waals surface area (Å²) in [5.74, 6) is 2.63. The minimum absolute atomic E-state index is 0.0762. The van der Waals surface area contributed by atoms with E-state index in [1.807, 2.05) is 18.2 Å². The van der Waals surface area contributed by atoms with Gasteiger partial charge in [0.1, 0.15) is 24.0 Å². The molecule has 0 spiro atoms. The van der Waals surface area contributed by atoms with Crippen LogP contribution in [0.15, 0.2) is 29.8 Å². The first-order chi connectivity index (χ1) is 11.2. The normalized spacial score (nSPS) is 15.3. The van der Waals surface area contributed by atoms with E-state index >= 15 is 0 Å².